The van der Waals surface area contributed by atoms with Crippen LogP contribution in [-0.2, 0) is 11.0 Å². The minimum Gasteiger partial charge on any atom is -0.340 e. The van der Waals surface area contributed by atoms with E-state index in [4.69, 9.17) is 0 Å². The molecule has 1 aliphatic rings. The van der Waals surface area contributed by atoms with E-state index in [1.807, 2.05) is 0 Å². The van der Waals surface area contributed by atoms with Gasteiger partial charge in [-0.15, -0.1) is 0 Å². The number of nitrogens with one attached hydrogen (secondary N) is 2. The van der Waals surface area contributed by atoms with Crippen molar-refractivity contribution in [1.82, 2.24) is 10.6 Å². The zero-order valence-electron chi connectivity index (χ0n) is 9.38. The zero-order chi connectivity index (χ0) is 13.3. The quantitative estimate of drug-likeness (QED) is 0.800. The molecule has 4 nitrogen and oxygen atoms in total. The average Bonchev–Trinajstić information content (AvgIpc) is 2.69. The lowest BCUT2D eigenvalue weighted by Gasteiger charge is -2.15. The lowest BCUT2D eigenvalue weighted by atomic mass is 10.00. The minimum absolute atomic E-state index is 0.110. The molecule has 1 aromatic rings. The van der Waals surface area contributed by atoms with Gasteiger partial charge in [0, 0.05) is 7.05 Å². The summed E-state index contributed by atoms with van der Waals surface area (Å²) in [5.41, 5.74) is -0.934. The zero-order valence-corrected chi connectivity index (χ0v) is 9.38. The highest BCUT2D eigenvalue weighted by molar-refractivity contribution is 6.06. The highest BCUT2D eigenvalue weighted by atomic mass is 19.4. The Bertz CT molecular complexity index is 511. The molecular formula is C11H10F3N3O. The average molecular weight is 257 g/mol. The highest BCUT2D eigenvalue weighted by Gasteiger charge is 2.39. The van der Waals surface area contributed by atoms with E-state index in [1.165, 1.54) is 25.2 Å². The molecule has 1 amide bonds. The van der Waals surface area contributed by atoms with Gasteiger partial charge in [0.05, 0.1) is 5.56 Å². The molecule has 0 spiro atoms. The first-order chi connectivity index (χ1) is 8.43. The van der Waals surface area contributed by atoms with Crippen molar-refractivity contribution in [2.24, 2.45) is 4.99 Å². The highest BCUT2D eigenvalue weighted by Crippen LogP contribution is 2.35. The molecule has 1 fully saturated rings. The molecule has 2 N–H and O–H groups in total. The van der Waals surface area contributed by atoms with E-state index in [2.05, 4.69) is 15.6 Å². The van der Waals surface area contributed by atoms with Crippen LogP contribution in [0.3, 0.4) is 0 Å². The fourth-order valence-electron chi connectivity index (χ4n) is 1.77. The molecule has 1 heterocycles. The maximum atomic E-state index is 12.8. The maximum Gasteiger partial charge on any atom is 0.416 e. The van der Waals surface area contributed by atoms with Crippen LogP contribution in [0.15, 0.2) is 29.3 Å². The number of guanidine groups is 1. The molecule has 0 aromatic heterocycles. The van der Waals surface area contributed by atoms with E-state index in [0.29, 0.717) is 0 Å². The molecule has 0 saturated carbocycles. The van der Waals surface area contributed by atoms with Crippen molar-refractivity contribution in [3.8, 4) is 0 Å². The monoisotopic (exact) mass is 257 g/mol. The Balaban J connectivity index is 2.44. The number of aliphatic imine (C=N–C) groups is 1. The Kier molecular flexibility index (Phi) is 2.98. The van der Waals surface area contributed by atoms with Crippen molar-refractivity contribution in [2.45, 2.75) is 12.2 Å². The van der Waals surface area contributed by atoms with Gasteiger partial charge in [0.25, 0.3) is 5.91 Å². The van der Waals surface area contributed by atoms with Gasteiger partial charge in [-0.3, -0.25) is 15.1 Å². The summed E-state index contributed by atoms with van der Waals surface area (Å²) in [6.07, 6.45) is -4.50. The van der Waals surface area contributed by atoms with Crippen LogP contribution in [0.2, 0.25) is 0 Å². The van der Waals surface area contributed by atoms with Crippen LogP contribution in [0.4, 0.5) is 13.2 Å². The van der Waals surface area contributed by atoms with Gasteiger partial charge in [-0.25, -0.2) is 0 Å². The summed E-state index contributed by atoms with van der Waals surface area (Å²) in [5, 5.41) is 4.97. The van der Waals surface area contributed by atoms with Crippen molar-refractivity contribution in [3.63, 3.8) is 0 Å². The van der Waals surface area contributed by atoms with E-state index in [1.54, 1.807) is 0 Å². The number of benzene rings is 1. The van der Waals surface area contributed by atoms with Crippen molar-refractivity contribution in [1.29, 1.82) is 0 Å². The number of hydrogen-bond donors (Lipinski definition) is 2. The van der Waals surface area contributed by atoms with Crippen molar-refractivity contribution in [3.05, 3.63) is 35.4 Å². The standard InChI is InChI=1S/C11H10F3N3O/c1-15-10-16-8(9(18)17-10)6-4-2-3-5-7(6)11(12,13)14/h2-5,8H,1H3,(H2,15,16,17,18). The number of halogens is 3. The van der Waals surface area contributed by atoms with Gasteiger partial charge in [-0.1, -0.05) is 18.2 Å². The first kappa shape index (κ1) is 12.4. The van der Waals surface area contributed by atoms with Gasteiger partial charge in [0.1, 0.15) is 6.04 Å². The number of nitrogens with zero attached hydrogens (tertiary/aromatic N) is 1. The Morgan fingerprint density at radius 2 is 1.94 bits per heavy atom. The van der Waals surface area contributed by atoms with E-state index in [9.17, 15) is 18.0 Å². The molecule has 1 aromatic carbocycles. The molecule has 2 rings (SSSR count). The lowest BCUT2D eigenvalue weighted by molar-refractivity contribution is -0.138. The Morgan fingerprint density at radius 3 is 2.50 bits per heavy atom. The summed E-state index contributed by atoms with van der Waals surface area (Å²) in [5.74, 6) is -0.380. The van der Waals surface area contributed by atoms with Crippen LogP contribution < -0.4 is 10.6 Å². The second kappa shape index (κ2) is 4.32. The Morgan fingerprint density at radius 1 is 1.28 bits per heavy atom. The third-order valence-corrected chi connectivity index (χ3v) is 2.59. The summed E-state index contributed by atoms with van der Waals surface area (Å²) in [6.45, 7) is 0. The lowest BCUT2D eigenvalue weighted by Crippen LogP contribution is -2.25. The summed E-state index contributed by atoms with van der Waals surface area (Å²) in [6, 6.07) is 3.90. The van der Waals surface area contributed by atoms with Crippen molar-refractivity contribution < 1.29 is 18.0 Å². The number of amides is 1. The molecule has 1 unspecified atom stereocenters. The number of alkyl halides is 3. The molecule has 1 aliphatic heterocycles. The van der Waals surface area contributed by atoms with Crippen molar-refractivity contribution >= 4 is 11.9 Å². The third-order valence-electron chi connectivity index (χ3n) is 2.59. The molecule has 18 heavy (non-hydrogen) atoms. The van der Waals surface area contributed by atoms with Crippen LogP contribution in [0, 0.1) is 0 Å². The van der Waals surface area contributed by atoms with Gasteiger partial charge in [0.2, 0.25) is 0 Å². The largest absolute Gasteiger partial charge is 0.416 e. The SMILES string of the molecule is CN=C1NC(=O)C(c2ccccc2C(F)(F)F)N1. The molecule has 1 saturated heterocycles. The van der Waals surface area contributed by atoms with Gasteiger partial charge in [-0.2, -0.15) is 13.2 Å². The smallest absolute Gasteiger partial charge is 0.340 e. The number of hydrogen-bond acceptors (Lipinski definition) is 2. The first-order valence-electron chi connectivity index (χ1n) is 5.14. The summed E-state index contributed by atoms with van der Waals surface area (Å²) in [4.78, 5) is 15.3. The molecule has 96 valence electrons. The predicted molar refractivity (Wildman–Crippen MR) is 58.8 cm³/mol. The molecule has 0 bridgehead atoms. The molecular weight excluding hydrogens is 247 g/mol. The van der Waals surface area contributed by atoms with Crippen LogP contribution in [-0.4, -0.2) is 18.9 Å². The number of rotatable bonds is 1. The van der Waals surface area contributed by atoms with E-state index < -0.39 is 23.7 Å². The van der Waals surface area contributed by atoms with Crippen LogP contribution in [0.1, 0.15) is 17.2 Å². The van der Waals surface area contributed by atoms with Gasteiger partial charge < -0.3 is 5.32 Å². The molecule has 0 radical (unpaired) electrons. The maximum absolute atomic E-state index is 12.8. The Hall–Kier alpha value is -2.05. The second-order valence-electron chi connectivity index (χ2n) is 3.72. The normalized spacial score (nSPS) is 21.9. The fraction of sp³-hybridized carbons (Fsp3) is 0.273. The van der Waals surface area contributed by atoms with Crippen molar-refractivity contribution in [2.75, 3.05) is 7.05 Å². The topological polar surface area (TPSA) is 53.5 Å². The van der Waals surface area contributed by atoms with Crippen LogP contribution in [0.25, 0.3) is 0 Å². The van der Waals surface area contributed by atoms with Crippen LogP contribution >= 0.6 is 0 Å². The molecule has 1 atom stereocenters. The number of carbonyl (C=O) groups excluding carboxylic acids is 1. The summed E-state index contributed by atoms with van der Waals surface area (Å²) in [7, 11) is 1.43. The Labute approximate surface area is 101 Å². The fourth-order valence-corrected chi connectivity index (χ4v) is 1.77. The van der Waals surface area contributed by atoms with Gasteiger partial charge >= 0.3 is 6.18 Å². The molecule has 0 aliphatic carbocycles. The predicted octanol–water partition coefficient (Wildman–Crippen LogP) is 1.45. The van der Waals surface area contributed by atoms with E-state index in [0.717, 1.165) is 6.07 Å². The van der Waals surface area contributed by atoms with Gasteiger partial charge in [0.15, 0.2) is 5.96 Å². The summed E-state index contributed by atoms with van der Waals surface area (Å²) < 4.78 is 38.5. The van der Waals surface area contributed by atoms with E-state index >= 15 is 0 Å². The third kappa shape index (κ3) is 2.15. The van der Waals surface area contributed by atoms with Crippen LogP contribution in [0.5, 0.6) is 0 Å². The van der Waals surface area contributed by atoms with E-state index in [-0.39, 0.29) is 11.5 Å². The first-order valence-corrected chi connectivity index (χ1v) is 5.14. The summed E-state index contributed by atoms with van der Waals surface area (Å²) >= 11 is 0. The minimum atomic E-state index is -4.50. The number of carbonyl (C=O) groups is 1. The van der Waals surface area contributed by atoms with Gasteiger partial charge in [-0.05, 0) is 11.6 Å². The molecule has 7 heteroatoms. The second-order valence-corrected chi connectivity index (χ2v) is 3.72.